The van der Waals surface area contributed by atoms with E-state index in [1.807, 2.05) is 25.1 Å². The second kappa shape index (κ2) is 4.85. The molecule has 0 spiro atoms. The van der Waals surface area contributed by atoms with Crippen LogP contribution in [0.4, 0.5) is 11.8 Å². The molecular weight excluding hydrogens is 278 g/mol. The third kappa shape index (κ3) is 2.45. The highest BCUT2D eigenvalue weighted by molar-refractivity contribution is 7.91. The van der Waals surface area contributed by atoms with Gasteiger partial charge in [0, 0.05) is 39.4 Å². The van der Waals surface area contributed by atoms with Gasteiger partial charge in [-0.3, -0.25) is 0 Å². The predicted molar refractivity (Wildman–Crippen MR) is 77.9 cm³/mol. The average Bonchev–Trinajstić information content (AvgIpc) is 2.72. The van der Waals surface area contributed by atoms with Gasteiger partial charge in [-0.1, -0.05) is 0 Å². The summed E-state index contributed by atoms with van der Waals surface area (Å²) < 4.78 is 23.7. The lowest BCUT2D eigenvalue weighted by Gasteiger charge is -2.38. The van der Waals surface area contributed by atoms with E-state index in [0.29, 0.717) is 5.95 Å². The fourth-order valence-corrected chi connectivity index (χ4v) is 4.82. The quantitative estimate of drug-likeness (QED) is 0.759. The van der Waals surface area contributed by atoms with Gasteiger partial charge in [-0.05, 0) is 6.07 Å². The van der Waals surface area contributed by atoms with Crippen molar-refractivity contribution >= 4 is 21.6 Å². The number of nitrogens with zero attached hydrogens (tertiary/aromatic N) is 4. The summed E-state index contributed by atoms with van der Waals surface area (Å²) in [6.07, 6.45) is 1.72. The summed E-state index contributed by atoms with van der Waals surface area (Å²) in [7, 11) is 0.823. The van der Waals surface area contributed by atoms with Crippen molar-refractivity contribution in [2.45, 2.75) is 12.1 Å². The van der Waals surface area contributed by atoms with Crippen LogP contribution in [0.5, 0.6) is 0 Å². The first-order valence-corrected chi connectivity index (χ1v) is 8.49. The summed E-state index contributed by atoms with van der Waals surface area (Å²) >= 11 is 0. The van der Waals surface area contributed by atoms with Gasteiger partial charge < -0.3 is 15.1 Å². The Bertz CT molecular complexity index is 604. The van der Waals surface area contributed by atoms with E-state index in [4.69, 9.17) is 0 Å². The number of piperazine rings is 1. The highest BCUT2D eigenvalue weighted by Crippen LogP contribution is 2.26. The average molecular weight is 297 g/mol. The monoisotopic (exact) mass is 297 g/mol. The maximum absolute atomic E-state index is 11.8. The number of hydrogen-bond acceptors (Lipinski definition) is 7. The SMILES string of the molecule is CN(C)c1nccc(N2CCN[C@H]3CS(=O)(=O)C[C@H]32)n1. The Labute approximate surface area is 118 Å². The van der Waals surface area contributed by atoms with Crippen LogP contribution >= 0.6 is 0 Å². The van der Waals surface area contributed by atoms with Crippen LogP contribution in [-0.4, -0.2) is 69.2 Å². The van der Waals surface area contributed by atoms with E-state index in [1.54, 1.807) is 6.20 Å². The summed E-state index contributed by atoms with van der Waals surface area (Å²) in [5, 5.41) is 3.30. The molecule has 3 rings (SSSR count). The van der Waals surface area contributed by atoms with E-state index < -0.39 is 9.84 Å². The maximum Gasteiger partial charge on any atom is 0.226 e. The number of hydrogen-bond donors (Lipinski definition) is 1. The Morgan fingerprint density at radius 1 is 1.40 bits per heavy atom. The Balaban J connectivity index is 1.91. The van der Waals surface area contributed by atoms with Crippen LogP contribution in [0, 0.1) is 0 Å². The minimum absolute atomic E-state index is 0.00604. The van der Waals surface area contributed by atoms with Crippen molar-refractivity contribution in [3.63, 3.8) is 0 Å². The molecule has 0 aromatic carbocycles. The lowest BCUT2D eigenvalue weighted by molar-refractivity contribution is 0.422. The molecule has 0 bridgehead atoms. The molecular formula is C12H19N5O2S. The van der Waals surface area contributed by atoms with Gasteiger partial charge in [0.2, 0.25) is 5.95 Å². The topological polar surface area (TPSA) is 78.4 Å². The number of aromatic nitrogens is 2. The van der Waals surface area contributed by atoms with Crippen LogP contribution in [0.3, 0.4) is 0 Å². The van der Waals surface area contributed by atoms with E-state index in [1.165, 1.54) is 0 Å². The molecule has 20 heavy (non-hydrogen) atoms. The molecule has 1 aromatic heterocycles. The minimum atomic E-state index is -2.95. The Hall–Kier alpha value is -1.41. The first kappa shape index (κ1) is 13.6. The number of fused-ring (bicyclic) bond motifs is 1. The van der Waals surface area contributed by atoms with Crippen molar-refractivity contribution in [3.8, 4) is 0 Å². The fraction of sp³-hybridized carbons (Fsp3) is 0.667. The van der Waals surface area contributed by atoms with Gasteiger partial charge in [0.05, 0.1) is 17.5 Å². The van der Waals surface area contributed by atoms with Gasteiger partial charge in [0.1, 0.15) is 5.82 Å². The lowest BCUT2D eigenvalue weighted by atomic mass is 10.1. The Morgan fingerprint density at radius 3 is 2.95 bits per heavy atom. The van der Waals surface area contributed by atoms with E-state index >= 15 is 0 Å². The molecule has 2 aliphatic heterocycles. The second-order valence-electron chi connectivity index (χ2n) is 5.51. The van der Waals surface area contributed by atoms with Crippen molar-refractivity contribution in [2.75, 3.05) is 48.5 Å². The number of sulfone groups is 1. The highest BCUT2D eigenvalue weighted by atomic mass is 32.2. The molecule has 0 saturated carbocycles. The molecule has 3 heterocycles. The summed E-state index contributed by atoms with van der Waals surface area (Å²) in [6.45, 7) is 1.54. The molecule has 2 aliphatic rings. The van der Waals surface area contributed by atoms with Gasteiger partial charge in [-0.15, -0.1) is 0 Å². The maximum atomic E-state index is 11.8. The van der Waals surface area contributed by atoms with Gasteiger partial charge in [0.15, 0.2) is 9.84 Å². The summed E-state index contributed by atoms with van der Waals surface area (Å²) in [6, 6.07) is 1.82. The van der Waals surface area contributed by atoms with Crippen molar-refractivity contribution in [2.24, 2.45) is 0 Å². The molecule has 0 radical (unpaired) electrons. The normalized spacial score (nSPS) is 28.2. The first-order chi connectivity index (χ1) is 9.46. The fourth-order valence-electron chi connectivity index (χ4n) is 2.87. The molecule has 110 valence electrons. The van der Waals surface area contributed by atoms with Gasteiger partial charge in [0.25, 0.3) is 0 Å². The van der Waals surface area contributed by atoms with Crippen LogP contribution in [-0.2, 0) is 9.84 Å². The molecule has 8 heteroatoms. The third-order valence-electron chi connectivity index (χ3n) is 3.80. The summed E-state index contributed by atoms with van der Waals surface area (Å²) in [4.78, 5) is 12.7. The van der Waals surface area contributed by atoms with Crippen LogP contribution in [0.2, 0.25) is 0 Å². The summed E-state index contributed by atoms with van der Waals surface area (Å²) in [5.41, 5.74) is 0. The molecule has 1 aromatic rings. The number of rotatable bonds is 2. The number of nitrogens with one attached hydrogen (secondary N) is 1. The molecule has 2 fully saturated rings. The Morgan fingerprint density at radius 2 is 2.20 bits per heavy atom. The van der Waals surface area contributed by atoms with Crippen LogP contribution in [0.1, 0.15) is 0 Å². The zero-order chi connectivity index (χ0) is 14.3. The number of anilines is 2. The molecule has 7 nitrogen and oxygen atoms in total. The molecule has 2 saturated heterocycles. The van der Waals surface area contributed by atoms with Crippen LogP contribution in [0.15, 0.2) is 12.3 Å². The standard InChI is InChI=1S/C12H19N5O2S/c1-16(2)12-14-4-3-11(15-12)17-6-5-13-9-7-20(18,19)8-10(9)17/h3-4,9-10,13H,5-8H2,1-2H3/t9-,10+/m0/s1. The van der Waals surface area contributed by atoms with Crippen molar-refractivity contribution in [3.05, 3.63) is 12.3 Å². The van der Waals surface area contributed by atoms with E-state index in [9.17, 15) is 8.42 Å². The lowest BCUT2D eigenvalue weighted by Crippen LogP contribution is -2.57. The van der Waals surface area contributed by atoms with E-state index in [0.717, 1.165) is 18.9 Å². The highest BCUT2D eigenvalue weighted by Gasteiger charge is 2.43. The van der Waals surface area contributed by atoms with E-state index in [-0.39, 0.29) is 23.6 Å². The van der Waals surface area contributed by atoms with Crippen molar-refractivity contribution in [1.82, 2.24) is 15.3 Å². The Kier molecular flexibility index (Phi) is 3.29. The smallest absolute Gasteiger partial charge is 0.226 e. The summed E-state index contributed by atoms with van der Waals surface area (Å²) in [5.74, 6) is 1.86. The molecule has 0 amide bonds. The van der Waals surface area contributed by atoms with E-state index in [2.05, 4.69) is 20.2 Å². The largest absolute Gasteiger partial charge is 0.350 e. The van der Waals surface area contributed by atoms with Gasteiger partial charge in [-0.25, -0.2) is 13.4 Å². The van der Waals surface area contributed by atoms with Crippen LogP contribution < -0.4 is 15.1 Å². The zero-order valence-corrected chi connectivity index (χ0v) is 12.5. The third-order valence-corrected chi connectivity index (χ3v) is 5.52. The van der Waals surface area contributed by atoms with Gasteiger partial charge >= 0.3 is 0 Å². The van der Waals surface area contributed by atoms with Gasteiger partial charge in [-0.2, -0.15) is 4.98 Å². The molecule has 0 aliphatic carbocycles. The predicted octanol–water partition coefficient (Wildman–Crippen LogP) is -0.882. The van der Waals surface area contributed by atoms with Crippen molar-refractivity contribution < 1.29 is 8.42 Å². The zero-order valence-electron chi connectivity index (χ0n) is 11.7. The van der Waals surface area contributed by atoms with Crippen molar-refractivity contribution in [1.29, 1.82) is 0 Å². The molecule has 1 N–H and O–H groups in total. The molecule has 2 atom stereocenters. The first-order valence-electron chi connectivity index (χ1n) is 6.67. The molecule has 0 unspecified atom stereocenters. The van der Waals surface area contributed by atoms with Crippen LogP contribution in [0.25, 0.3) is 0 Å². The minimum Gasteiger partial charge on any atom is -0.350 e. The second-order valence-corrected chi connectivity index (χ2v) is 7.66.